The Labute approximate surface area is 206 Å². The molecule has 6 nitrogen and oxygen atoms in total. The van der Waals surface area contributed by atoms with Crippen molar-refractivity contribution in [1.29, 1.82) is 0 Å². The van der Waals surface area contributed by atoms with Gasteiger partial charge in [-0.1, -0.05) is 60.3 Å². The number of likely N-dealkylation sites (tertiary alicyclic amines) is 1. The van der Waals surface area contributed by atoms with E-state index in [1.54, 1.807) is 6.07 Å². The van der Waals surface area contributed by atoms with Crippen molar-refractivity contribution >= 4 is 11.8 Å². The molecule has 2 aliphatic heterocycles. The summed E-state index contributed by atoms with van der Waals surface area (Å²) >= 11 is 1.81. The fourth-order valence-corrected chi connectivity index (χ4v) is 5.95. The number of rotatable bonds is 9. The first-order valence-corrected chi connectivity index (χ1v) is 13.5. The Morgan fingerprint density at radius 3 is 2.53 bits per heavy atom. The highest BCUT2D eigenvalue weighted by Crippen LogP contribution is 2.32. The molecule has 7 heteroatoms. The van der Waals surface area contributed by atoms with Gasteiger partial charge in [0.25, 0.3) is 0 Å². The summed E-state index contributed by atoms with van der Waals surface area (Å²) in [5, 5.41) is 20.5. The first-order valence-electron chi connectivity index (χ1n) is 12.5. The molecular weight excluding hydrogens is 444 g/mol. The van der Waals surface area contributed by atoms with Gasteiger partial charge in [0, 0.05) is 30.4 Å². The van der Waals surface area contributed by atoms with E-state index in [2.05, 4.69) is 44.9 Å². The number of thioether (sulfide) groups is 1. The molecule has 34 heavy (non-hydrogen) atoms. The molecule has 2 aliphatic rings. The maximum Gasteiger partial charge on any atom is 0.191 e. The fourth-order valence-electron chi connectivity index (χ4n) is 5.01. The minimum Gasteiger partial charge on any atom is -0.508 e. The second-order valence-electron chi connectivity index (χ2n) is 9.35. The lowest BCUT2D eigenvalue weighted by molar-refractivity contribution is 0.0931. The van der Waals surface area contributed by atoms with Crippen LogP contribution in [0.25, 0.3) is 0 Å². The monoisotopic (exact) mass is 478 g/mol. The number of para-hydroxylation sites is 1. The molecule has 0 spiro atoms. The topological polar surface area (TPSA) is 63.4 Å². The van der Waals surface area contributed by atoms with E-state index in [0.717, 1.165) is 87.2 Å². The van der Waals surface area contributed by atoms with Gasteiger partial charge in [-0.05, 0) is 56.8 Å². The van der Waals surface area contributed by atoms with Crippen LogP contribution in [0, 0.1) is 0 Å². The number of aryl methyl sites for hydroxylation is 1. The van der Waals surface area contributed by atoms with Crippen molar-refractivity contribution in [2.24, 2.45) is 0 Å². The van der Waals surface area contributed by atoms with E-state index in [4.69, 9.17) is 9.84 Å². The Balaban J connectivity index is 1.23. The number of benzene rings is 2. The quantitative estimate of drug-likeness (QED) is 0.443. The molecular formula is C27H34N4O2S. The number of aromatic hydroxyl groups is 1. The molecule has 2 aromatic carbocycles. The van der Waals surface area contributed by atoms with Crippen LogP contribution < -0.4 is 0 Å². The third kappa shape index (κ3) is 5.82. The van der Waals surface area contributed by atoms with Crippen LogP contribution in [-0.4, -0.2) is 56.3 Å². The predicted octanol–water partition coefficient (Wildman–Crippen LogP) is 4.88. The van der Waals surface area contributed by atoms with Crippen LogP contribution in [0.15, 0.2) is 59.8 Å². The van der Waals surface area contributed by atoms with Crippen LogP contribution in [0.1, 0.15) is 48.6 Å². The number of ether oxygens (including phenoxy) is 1. The first-order chi connectivity index (χ1) is 16.8. The van der Waals surface area contributed by atoms with Crippen LogP contribution in [-0.2, 0) is 24.2 Å². The lowest BCUT2D eigenvalue weighted by Crippen LogP contribution is -2.33. The standard InChI is InChI=1S/C27H34N4O2S/c32-25-11-5-4-9-23(25)19-30-15-12-22(13-16-30)26-28-29-27(31(26)20-24-10-6-17-33-24)34-18-14-21-7-2-1-3-8-21/h1-5,7-9,11,22,24,32H,6,10,12-20H2. The summed E-state index contributed by atoms with van der Waals surface area (Å²) in [6.07, 6.45) is 5.67. The molecule has 0 bridgehead atoms. The molecule has 0 amide bonds. The SMILES string of the molecule is Oc1ccccc1CN1CCC(c2nnc(SCCc3ccccc3)n2CC2CCCO2)CC1. The van der Waals surface area contributed by atoms with E-state index in [1.165, 1.54) is 5.56 Å². The third-order valence-corrected chi connectivity index (χ3v) is 7.93. The number of hydrogen-bond acceptors (Lipinski definition) is 6. The van der Waals surface area contributed by atoms with Crippen molar-refractivity contribution < 1.29 is 9.84 Å². The molecule has 1 atom stereocenters. The Morgan fingerprint density at radius 1 is 0.971 bits per heavy atom. The van der Waals surface area contributed by atoms with E-state index in [0.29, 0.717) is 11.7 Å². The normalized spacial score (nSPS) is 19.6. The number of piperidine rings is 1. The minimum absolute atomic E-state index is 0.268. The molecule has 3 aromatic rings. The van der Waals surface area contributed by atoms with Gasteiger partial charge >= 0.3 is 0 Å². The molecule has 1 N–H and O–H groups in total. The molecule has 2 saturated heterocycles. The molecule has 0 aliphatic carbocycles. The van der Waals surface area contributed by atoms with Gasteiger partial charge in [0.05, 0.1) is 12.6 Å². The molecule has 1 aromatic heterocycles. The molecule has 180 valence electrons. The van der Waals surface area contributed by atoms with Crippen molar-refractivity contribution in [3.8, 4) is 5.75 Å². The molecule has 2 fully saturated rings. The summed E-state index contributed by atoms with van der Waals surface area (Å²) in [6, 6.07) is 18.3. The van der Waals surface area contributed by atoms with Gasteiger partial charge in [0.2, 0.25) is 0 Å². The van der Waals surface area contributed by atoms with Crippen molar-refractivity contribution in [2.45, 2.75) is 62.4 Å². The first kappa shape index (κ1) is 23.4. The minimum atomic E-state index is 0.268. The average molecular weight is 479 g/mol. The van der Waals surface area contributed by atoms with Crippen LogP contribution in [0.2, 0.25) is 0 Å². The van der Waals surface area contributed by atoms with Crippen LogP contribution >= 0.6 is 11.8 Å². The number of phenolic OH excluding ortho intramolecular Hbond substituents is 1. The van der Waals surface area contributed by atoms with Gasteiger partial charge in [0.15, 0.2) is 5.16 Å². The van der Waals surface area contributed by atoms with E-state index in [9.17, 15) is 5.11 Å². The molecule has 1 unspecified atom stereocenters. The molecule has 0 radical (unpaired) electrons. The van der Waals surface area contributed by atoms with Crippen molar-refractivity contribution in [3.63, 3.8) is 0 Å². The van der Waals surface area contributed by atoms with E-state index < -0.39 is 0 Å². The lowest BCUT2D eigenvalue weighted by Gasteiger charge is -2.32. The van der Waals surface area contributed by atoms with Gasteiger partial charge < -0.3 is 14.4 Å². The second kappa shape index (κ2) is 11.4. The summed E-state index contributed by atoms with van der Waals surface area (Å²) in [4.78, 5) is 2.43. The zero-order valence-corrected chi connectivity index (χ0v) is 20.5. The highest BCUT2D eigenvalue weighted by molar-refractivity contribution is 7.99. The average Bonchev–Trinajstić information content (AvgIpc) is 3.53. The maximum atomic E-state index is 10.1. The summed E-state index contributed by atoms with van der Waals surface area (Å²) in [6.45, 7) is 4.52. The molecule has 0 saturated carbocycles. The maximum absolute atomic E-state index is 10.1. The van der Waals surface area contributed by atoms with Crippen molar-refractivity contribution in [1.82, 2.24) is 19.7 Å². The zero-order chi connectivity index (χ0) is 23.2. The van der Waals surface area contributed by atoms with Crippen molar-refractivity contribution in [3.05, 3.63) is 71.5 Å². The van der Waals surface area contributed by atoms with Gasteiger partial charge in [-0.15, -0.1) is 10.2 Å². The summed E-state index contributed by atoms with van der Waals surface area (Å²) in [7, 11) is 0. The highest BCUT2D eigenvalue weighted by atomic mass is 32.2. The Bertz CT molecular complexity index is 1040. The van der Waals surface area contributed by atoms with Crippen molar-refractivity contribution in [2.75, 3.05) is 25.4 Å². The number of aromatic nitrogens is 3. The fraction of sp³-hybridized carbons (Fsp3) is 0.481. The second-order valence-corrected chi connectivity index (χ2v) is 10.4. The van der Waals surface area contributed by atoms with E-state index >= 15 is 0 Å². The molecule has 5 rings (SSSR count). The smallest absolute Gasteiger partial charge is 0.191 e. The van der Waals surface area contributed by atoms with Gasteiger partial charge in [-0.3, -0.25) is 4.90 Å². The lowest BCUT2D eigenvalue weighted by atomic mass is 9.95. The van der Waals surface area contributed by atoms with Gasteiger partial charge in [-0.2, -0.15) is 0 Å². The Kier molecular flexibility index (Phi) is 7.83. The zero-order valence-electron chi connectivity index (χ0n) is 19.7. The van der Waals surface area contributed by atoms with Crippen LogP contribution in [0.4, 0.5) is 0 Å². The van der Waals surface area contributed by atoms with Gasteiger partial charge in [0.1, 0.15) is 11.6 Å². The number of phenols is 1. The van der Waals surface area contributed by atoms with E-state index in [1.807, 2.05) is 30.0 Å². The Morgan fingerprint density at radius 2 is 1.76 bits per heavy atom. The summed E-state index contributed by atoms with van der Waals surface area (Å²) in [5.41, 5.74) is 2.36. The molecule has 3 heterocycles. The number of hydrogen-bond donors (Lipinski definition) is 1. The predicted molar refractivity (Wildman–Crippen MR) is 135 cm³/mol. The Hall–Kier alpha value is -2.35. The summed E-state index contributed by atoms with van der Waals surface area (Å²) < 4.78 is 8.33. The van der Waals surface area contributed by atoms with Crippen LogP contribution in [0.3, 0.4) is 0 Å². The van der Waals surface area contributed by atoms with Gasteiger partial charge in [-0.25, -0.2) is 0 Å². The number of nitrogens with zero attached hydrogens (tertiary/aromatic N) is 4. The summed E-state index contributed by atoms with van der Waals surface area (Å²) in [5.74, 6) is 2.92. The van der Waals surface area contributed by atoms with Crippen LogP contribution in [0.5, 0.6) is 5.75 Å². The largest absolute Gasteiger partial charge is 0.508 e. The third-order valence-electron chi connectivity index (χ3n) is 6.96. The van der Waals surface area contributed by atoms with E-state index in [-0.39, 0.29) is 6.10 Å². The highest BCUT2D eigenvalue weighted by Gasteiger charge is 2.28.